The Balaban J connectivity index is 2.03. The molecule has 2 rings (SSSR count). The van der Waals surface area contributed by atoms with Gasteiger partial charge in [0.15, 0.2) is 11.6 Å². The summed E-state index contributed by atoms with van der Waals surface area (Å²) in [5, 5.41) is 3.20. The molecular weight excluding hydrogens is 217 g/mol. The summed E-state index contributed by atoms with van der Waals surface area (Å²) in [5.41, 5.74) is 0.787. The molecule has 2 atom stereocenters. The van der Waals surface area contributed by atoms with E-state index in [2.05, 4.69) is 5.32 Å². The highest BCUT2D eigenvalue weighted by Gasteiger charge is 2.30. The fourth-order valence-corrected chi connectivity index (χ4v) is 2.59. The first-order chi connectivity index (χ1) is 8.26. The molecule has 0 aromatic heterocycles. The Bertz CT molecular complexity index is 380. The molecule has 0 bridgehead atoms. The minimum atomic E-state index is -0.190. The van der Waals surface area contributed by atoms with Crippen molar-refractivity contribution in [2.75, 3.05) is 20.7 Å². The molecule has 94 valence electrons. The lowest BCUT2D eigenvalue weighted by molar-refractivity contribution is 0.172. The fourth-order valence-electron chi connectivity index (χ4n) is 2.59. The van der Waals surface area contributed by atoms with Crippen molar-refractivity contribution in [3.63, 3.8) is 0 Å². The molecule has 1 aromatic rings. The van der Waals surface area contributed by atoms with Gasteiger partial charge in [-0.05, 0) is 56.3 Å². The smallest absolute Gasteiger partial charge is 0.168 e. The molecular formula is C14H20FNO. The third-order valence-corrected chi connectivity index (χ3v) is 3.79. The first kappa shape index (κ1) is 12.4. The highest BCUT2D eigenvalue weighted by molar-refractivity contribution is 5.31. The van der Waals surface area contributed by atoms with Gasteiger partial charge in [-0.15, -0.1) is 0 Å². The molecule has 0 saturated heterocycles. The lowest BCUT2D eigenvalue weighted by atomic mass is 9.70. The van der Waals surface area contributed by atoms with Crippen LogP contribution in [0.4, 0.5) is 4.39 Å². The van der Waals surface area contributed by atoms with Crippen LogP contribution < -0.4 is 10.1 Å². The average molecular weight is 237 g/mol. The summed E-state index contributed by atoms with van der Waals surface area (Å²) in [6, 6.07) is 5.40. The summed E-state index contributed by atoms with van der Waals surface area (Å²) < 4.78 is 19.0. The Hall–Kier alpha value is -1.09. The zero-order chi connectivity index (χ0) is 12.3. The van der Waals surface area contributed by atoms with E-state index in [4.69, 9.17) is 4.74 Å². The van der Waals surface area contributed by atoms with Crippen LogP contribution in [-0.4, -0.2) is 20.7 Å². The molecule has 1 N–H and O–H groups in total. The molecule has 3 heteroatoms. The van der Waals surface area contributed by atoms with Crippen LogP contribution in [-0.2, 0) is 6.42 Å². The van der Waals surface area contributed by atoms with Gasteiger partial charge in [0, 0.05) is 0 Å². The molecule has 0 amide bonds. The Morgan fingerprint density at radius 3 is 2.71 bits per heavy atom. The third kappa shape index (κ3) is 2.60. The maximum atomic E-state index is 14.0. The number of ether oxygens (including phenoxy) is 1. The lowest BCUT2D eigenvalue weighted by Crippen LogP contribution is -2.35. The normalized spacial score (nSPS) is 23.2. The van der Waals surface area contributed by atoms with E-state index in [1.54, 1.807) is 6.07 Å². The monoisotopic (exact) mass is 237 g/mol. The van der Waals surface area contributed by atoms with E-state index in [1.165, 1.54) is 20.0 Å². The second kappa shape index (κ2) is 5.50. The van der Waals surface area contributed by atoms with Crippen molar-refractivity contribution >= 4 is 0 Å². The van der Waals surface area contributed by atoms with Crippen LogP contribution in [0.5, 0.6) is 5.75 Å². The van der Waals surface area contributed by atoms with Crippen molar-refractivity contribution in [1.82, 2.24) is 5.32 Å². The van der Waals surface area contributed by atoms with Gasteiger partial charge < -0.3 is 10.1 Å². The summed E-state index contributed by atoms with van der Waals surface area (Å²) >= 11 is 0. The van der Waals surface area contributed by atoms with Gasteiger partial charge in [0.25, 0.3) is 0 Å². The van der Waals surface area contributed by atoms with E-state index in [-0.39, 0.29) is 5.82 Å². The minimum absolute atomic E-state index is 0.190. The summed E-state index contributed by atoms with van der Waals surface area (Å²) in [6.45, 7) is 1.04. The summed E-state index contributed by atoms with van der Waals surface area (Å²) in [7, 11) is 3.48. The van der Waals surface area contributed by atoms with E-state index in [9.17, 15) is 4.39 Å². The van der Waals surface area contributed by atoms with Crippen LogP contribution in [0.25, 0.3) is 0 Å². The quantitative estimate of drug-likeness (QED) is 0.850. The van der Waals surface area contributed by atoms with E-state index in [1.807, 2.05) is 19.2 Å². The maximum Gasteiger partial charge on any atom is 0.168 e. The van der Waals surface area contributed by atoms with Gasteiger partial charge in [-0.2, -0.15) is 0 Å². The molecule has 1 aliphatic rings. The predicted molar refractivity (Wildman–Crippen MR) is 66.8 cm³/mol. The van der Waals surface area contributed by atoms with E-state index < -0.39 is 0 Å². The van der Waals surface area contributed by atoms with Crippen molar-refractivity contribution in [1.29, 1.82) is 0 Å². The Labute approximate surface area is 102 Å². The average Bonchev–Trinajstić information content (AvgIpc) is 2.33. The minimum Gasteiger partial charge on any atom is -0.494 e. The van der Waals surface area contributed by atoms with Crippen LogP contribution in [0.3, 0.4) is 0 Å². The molecule has 0 spiro atoms. The number of hydrogen-bond acceptors (Lipinski definition) is 2. The Morgan fingerprint density at radius 1 is 1.35 bits per heavy atom. The molecule has 2 unspecified atom stereocenters. The molecule has 1 aliphatic carbocycles. The molecule has 1 saturated carbocycles. The Kier molecular flexibility index (Phi) is 4.00. The van der Waals surface area contributed by atoms with E-state index in [0.717, 1.165) is 18.5 Å². The number of benzene rings is 1. The summed E-state index contributed by atoms with van der Waals surface area (Å²) in [6.07, 6.45) is 3.30. The molecule has 2 nitrogen and oxygen atoms in total. The lowest BCUT2D eigenvalue weighted by Gasteiger charge is -2.37. The van der Waals surface area contributed by atoms with E-state index >= 15 is 0 Å². The maximum absolute atomic E-state index is 14.0. The van der Waals surface area contributed by atoms with Crippen molar-refractivity contribution in [2.45, 2.75) is 19.3 Å². The van der Waals surface area contributed by atoms with Crippen LogP contribution in [0.1, 0.15) is 18.4 Å². The van der Waals surface area contributed by atoms with Crippen LogP contribution in [0, 0.1) is 17.7 Å². The van der Waals surface area contributed by atoms with Crippen LogP contribution in [0.2, 0.25) is 0 Å². The largest absolute Gasteiger partial charge is 0.494 e. The van der Waals surface area contributed by atoms with Crippen molar-refractivity contribution in [2.24, 2.45) is 11.8 Å². The van der Waals surface area contributed by atoms with Crippen molar-refractivity contribution in [3.05, 3.63) is 29.6 Å². The van der Waals surface area contributed by atoms with Crippen molar-refractivity contribution < 1.29 is 9.13 Å². The molecule has 0 radical (unpaired) electrons. The second-order valence-corrected chi connectivity index (χ2v) is 4.79. The van der Waals surface area contributed by atoms with Gasteiger partial charge in [0.2, 0.25) is 0 Å². The molecule has 1 aromatic carbocycles. The standard InChI is InChI=1S/C14H20FNO/c1-16-9-12-7-6-10(12)8-11-4-3-5-13(17-2)14(11)15/h3-5,10,12,16H,6-9H2,1-2H3. The number of nitrogens with one attached hydrogen (secondary N) is 1. The Morgan fingerprint density at radius 2 is 2.12 bits per heavy atom. The van der Waals surface area contributed by atoms with Gasteiger partial charge in [-0.1, -0.05) is 12.1 Å². The highest BCUT2D eigenvalue weighted by Crippen LogP contribution is 2.37. The van der Waals surface area contributed by atoms with Gasteiger partial charge in [0.1, 0.15) is 0 Å². The second-order valence-electron chi connectivity index (χ2n) is 4.79. The number of rotatable bonds is 5. The summed E-state index contributed by atoms with van der Waals surface area (Å²) in [5.74, 6) is 1.48. The SMILES string of the molecule is CNCC1CCC1Cc1cccc(OC)c1F. The van der Waals surface area contributed by atoms with E-state index in [0.29, 0.717) is 17.6 Å². The molecule has 17 heavy (non-hydrogen) atoms. The van der Waals surface area contributed by atoms with Gasteiger partial charge in [-0.3, -0.25) is 0 Å². The first-order valence-electron chi connectivity index (χ1n) is 6.22. The number of hydrogen-bond donors (Lipinski definition) is 1. The van der Waals surface area contributed by atoms with Crippen LogP contribution in [0.15, 0.2) is 18.2 Å². The topological polar surface area (TPSA) is 21.3 Å². The number of methoxy groups -OCH3 is 1. The molecule has 1 fully saturated rings. The van der Waals surface area contributed by atoms with Gasteiger partial charge in [-0.25, -0.2) is 4.39 Å². The fraction of sp³-hybridized carbons (Fsp3) is 0.571. The van der Waals surface area contributed by atoms with Gasteiger partial charge in [0.05, 0.1) is 7.11 Å². The van der Waals surface area contributed by atoms with Crippen molar-refractivity contribution in [3.8, 4) is 5.75 Å². The zero-order valence-electron chi connectivity index (χ0n) is 10.5. The molecule has 0 aliphatic heterocycles. The van der Waals surface area contributed by atoms with Gasteiger partial charge >= 0.3 is 0 Å². The van der Waals surface area contributed by atoms with Crippen LogP contribution >= 0.6 is 0 Å². The predicted octanol–water partition coefficient (Wildman–Crippen LogP) is 2.62. The summed E-state index contributed by atoms with van der Waals surface area (Å²) in [4.78, 5) is 0. The first-order valence-corrected chi connectivity index (χ1v) is 6.22. The third-order valence-electron chi connectivity index (χ3n) is 3.79. The zero-order valence-corrected chi connectivity index (χ0v) is 10.5. The highest BCUT2D eigenvalue weighted by atomic mass is 19.1. The number of halogens is 1. The molecule has 0 heterocycles.